The number of aromatic nitrogens is 2. The summed E-state index contributed by atoms with van der Waals surface area (Å²) >= 11 is 0. The molecule has 0 saturated carbocycles. The predicted octanol–water partition coefficient (Wildman–Crippen LogP) is 4.89. The van der Waals surface area contributed by atoms with E-state index in [1.165, 1.54) is 32.9 Å². The smallest absolute Gasteiger partial charge is 0.0727 e. The molecule has 2 aromatic carbocycles. The van der Waals surface area contributed by atoms with Gasteiger partial charge in [0.1, 0.15) is 0 Å². The van der Waals surface area contributed by atoms with Crippen molar-refractivity contribution >= 4 is 32.7 Å². The molecule has 1 atom stereocenters. The first kappa shape index (κ1) is 15.2. The molecular weight excluding hydrogens is 294 g/mol. The van der Waals surface area contributed by atoms with E-state index in [1.54, 1.807) is 0 Å². The van der Waals surface area contributed by atoms with Crippen molar-refractivity contribution in [3.63, 3.8) is 0 Å². The minimum Gasteiger partial charge on any atom is -0.343 e. The molecule has 0 spiro atoms. The lowest BCUT2D eigenvalue weighted by Gasteiger charge is -2.24. The molecule has 0 saturated heterocycles. The largest absolute Gasteiger partial charge is 0.343 e. The van der Waals surface area contributed by atoms with Gasteiger partial charge in [0.2, 0.25) is 0 Å². The second kappa shape index (κ2) is 5.60. The van der Waals surface area contributed by atoms with Crippen LogP contribution in [0.15, 0.2) is 48.5 Å². The van der Waals surface area contributed by atoms with Crippen molar-refractivity contribution in [3.05, 3.63) is 54.2 Å². The molecular formula is C21H23N3. The number of hydrogen-bond acceptors (Lipinski definition) is 2. The maximum atomic E-state index is 5.10. The third-order valence-electron chi connectivity index (χ3n) is 5.09. The van der Waals surface area contributed by atoms with Crippen molar-refractivity contribution in [2.75, 3.05) is 14.1 Å². The van der Waals surface area contributed by atoms with Crippen molar-refractivity contribution in [1.82, 2.24) is 14.5 Å². The Balaban J connectivity index is 2.27. The monoisotopic (exact) mass is 317 g/mol. The van der Waals surface area contributed by atoms with Crippen LogP contribution in [0.3, 0.4) is 0 Å². The SMILES string of the molecule is CCC(c1nc2ccccc2c2c1c1ccccc1n2C)N(C)C. The Bertz CT molecular complexity index is 1040. The zero-order chi connectivity index (χ0) is 16.8. The third kappa shape index (κ3) is 2.05. The summed E-state index contributed by atoms with van der Waals surface area (Å²) in [6.45, 7) is 2.23. The van der Waals surface area contributed by atoms with Gasteiger partial charge in [-0.1, -0.05) is 43.3 Å². The third-order valence-corrected chi connectivity index (χ3v) is 5.09. The van der Waals surface area contributed by atoms with Crippen LogP contribution in [0.2, 0.25) is 0 Å². The van der Waals surface area contributed by atoms with Crippen molar-refractivity contribution < 1.29 is 0 Å². The molecule has 2 heterocycles. The molecule has 4 aromatic rings. The molecule has 0 aliphatic carbocycles. The van der Waals surface area contributed by atoms with E-state index in [0.29, 0.717) is 6.04 Å². The number of hydrogen-bond donors (Lipinski definition) is 0. The van der Waals surface area contributed by atoms with Gasteiger partial charge in [-0.25, -0.2) is 0 Å². The van der Waals surface area contributed by atoms with Gasteiger partial charge in [0.05, 0.1) is 22.8 Å². The van der Waals surface area contributed by atoms with E-state index in [2.05, 4.69) is 86.1 Å². The number of para-hydroxylation sites is 2. The van der Waals surface area contributed by atoms with E-state index in [1.807, 2.05) is 0 Å². The second-order valence-corrected chi connectivity index (χ2v) is 6.70. The zero-order valence-electron chi connectivity index (χ0n) is 14.7. The highest BCUT2D eigenvalue weighted by molar-refractivity contribution is 6.17. The van der Waals surface area contributed by atoms with E-state index in [4.69, 9.17) is 4.98 Å². The summed E-state index contributed by atoms with van der Waals surface area (Å²) in [5, 5.41) is 3.82. The summed E-state index contributed by atoms with van der Waals surface area (Å²) in [6.07, 6.45) is 1.04. The summed E-state index contributed by atoms with van der Waals surface area (Å²) in [5.74, 6) is 0. The minimum absolute atomic E-state index is 0.308. The molecule has 2 aromatic heterocycles. The van der Waals surface area contributed by atoms with Crippen LogP contribution in [-0.2, 0) is 7.05 Å². The number of pyridine rings is 1. The molecule has 122 valence electrons. The molecule has 4 rings (SSSR count). The van der Waals surface area contributed by atoms with E-state index >= 15 is 0 Å². The molecule has 0 N–H and O–H groups in total. The van der Waals surface area contributed by atoms with E-state index in [9.17, 15) is 0 Å². The molecule has 0 amide bonds. The quantitative estimate of drug-likeness (QED) is 0.536. The van der Waals surface area contributed by atoms with Crippen molar-refractivity contribution in [1.29, 1.82) is 0 Å². The highest BCUT2D eigenvalue weighted by atomic mass is 15.1. The van der Waals surface area contributed by atoms with E-state index < -0.39 is 0 Å². The van der Waals surface area contributed by atoms with Crippen LogP contribution in [0.4, 0.5) is 0 Å². The average molecular weight is 317 g/mol. The van der Waals surface area contributed by atoms with Crippen LogP contribution in [-0.4, -0.2) is 28.5 Å². The van der Waals surface area contributed by atoms with Gasteiger partial charge >= 0.3 is 0 Å². The Kier molecular flexibility index (Phi) is 3.54. The van der Waals surface area contributed by atoms with E-state index in [-0.39, 0.29) is 0 Å². The average Bonchev–Trinajstić information content (AvgIpc) is 2.89. The highest BCUT2D eigenvalue weighted by Gasteiger charge is 2.22. The maximum Gasteiger partial charge on any atom is 0.0727 e. The summed E-state index contributed by atoms with van der Waals surface area (Å²) in [6, 6.07) is 17.4. The van der Waals surface area contributed by atoms with Crippen LogP contribution in [0.5, 0.6) is 0 Å². The maximum absolute atomic E-state index is 5.10. The van der Waals surface area contributed by atoms with Crippen molar-refractivity contribution in [3.8, 4) is 0 Å². The normalized spacial score (nSPS) is 13.4. The topological polar surface area (TPSA) is 21.1 Å². The van der Waals surface area contributed by atoms with Gasteiger partial charge in [0.25, 0.3) is 0 Å². The molecule has 0 aliphatic rings. The Labute approximate surface area is 142 Å². The van der Waals surface area contributed by atoms with Crippen molar-refractivity contribution in [2.24, 2.45) is 7.05 Å². The number of benzene rings is 2. The first-order valence-electron chi connectivity index (χ1n) is 8.55. The fraction of sp³-hybridized carbons (Fsp3) is 0.286. The molecule has 1 unspecified atom stereocenters. The Morgan fingerprint density at radius 1 is 1.00 bits per heavy atom. The van der Waals surface area contributed by atoms with E-state index in [0.717, 1.165) is 11.9 Å². The molecule has 0 aliphatic heterocycles. The van der Waals surface area contributed by atoms with Gasteiger partial charge in [-0.15, -0.1) is 0 Å². The molecule has 24 heavy (non-hydrogen) atoms. The van der Waals surface area contributed by atoms with Crippen LogP contribution in [0, 0.1) is 0 Å². The van der Waals surface area contributed by atoms with Crippen LogP contribution >= 0.6 is 0 Å². The lowest BCUT2D eigenvalue weighted by molar-refractivity contribution is 0.289. The van der Waals surface area contributed by atoms with Crippen LogP contribution in [0.25, 0.3) is 32.7 Å². The number of nitrogens with zero attached hydrogens (tertiary/aromatic N) is 3. The predicted molar refractivity (Wildman–Crippen MR) is 102 cm³/mol. The lowest BCUT2D eigenvalue weighted by Crippen LogP contribution is -2.20. The molecule has 0 fully saturated rings. The molecule has 3 nitrogen and oxygen atoms in total. The summed E-state index contributed by atoms with van der Waals surface area (Å²) in [7, 11) is 6.45. The lowest BCUT2D eigenvalue weighted by atomic mass is 10.0. The Hall–Kier alpha value is -2.39. The fourth-order valence-electron chi connectivity index (χ4n) is 3.97. The highest BCUT2D eigenvalue weighted by Crippen LogP contribution is 2.38. The fourth-order valence-corrected chi connectivity index (χ4v) is 3.97. The number of aryl methyl sites for hydroxylation is 1. The minimum atomic E-state index is 0.308. The van der Waals surface area contributed by atoms with Crippen LogP contribution in [0.1, 0.15) is 25.1 Å². The summed E-state index contributed by atoms with van der Waals surface area (Å²) in [5.41, 5.74) is 4.82. The number of fused-ring (bicyclic) bond motifs is 5. The Morgan fingerprint density at radius 3 is 2.38 bits per heavy atom. The zero-order valence-corrected chi connectivity index (χ0v) is 14.7. The Morgan fingerprint density at radius 2 is 1.67 bits per heavy atom. The van der Waals surface area contributed by atoms with Gasteiger partial charge in [-0.05, 0) is 32.6 Å². The van der Waals surface area contributed by atoms with Gasteiger partial charge in [0.15, 0.2) is 0 Å². The van der Waals surface area contributed by atoms with Gasteiger partial charge in [-0.3, -0.25) is 4.98 Å². The standard InChI is InChI=1S/C21H23N3/c1-5-17(23(2)3)20-19-15-11-7-9-13-18(15)24(4)21(19)14-10-6-8-12-16(14)22-20/h6-13,17H,5H2,1-4H3. The molecule has 0 bridgehead atoms. The summed E-state index contributed by atoms with van der Waals surface area (Å²) in [4.78, 5) is 7.38. The van der Waals surface area contributed by atoms with Gasteiger partial charge in [-0.2, -0.15) is 0 Å². The summed E-state index contributed by atoms with van der Waals surface area (Å²) < 4.78 is 2.32. The number of rotatable bonds is 3. The molecule has 0 radical (unpaired) electrons. The van der Waals surface area contributed by atoms with Crippen molar-refractivity contribution in [2.45, 2.75) is 19.4 Å². The van der Waals surface area contributed by atoms with Gasteiger partial charge < -0.3 is 9.47 Å². The first-order chi connectivity index (χ1) is 11.6. The van der Waals surface area contributed by atoms with Crippen LogP contribution < -0.4 is 0 Å². The first-order valence-corrected chi connectivity index (χ1v) is 8.55. The second-order valence-electron chi connectivity index (χ2n) is 6.70. The van der Waals surface area contributed by atoms with Gasteiger partial charge in [0, 0.05) is 28.7 Å². The molecule has 3 heteroatoms.